The fraction of sp³-hybridized carbons (Fsp3) is 0.714. The van der Waals surface area contributed by atoms with Crippen LogP contribution in [0, 0.1) is 17.2 Å². The first-order chi connectivity index (χ1) is 12.2. The van der Waals surface area contributed by atoms with E-state index >= 15 is 0 Å². The third-order valence-electron chi connectivity index (χ3n) is 7.33. The third-order valence-corrected chi connectivity index (χ3v) is 7.33. The van der Waals surface area contributed by atoms with Crippen molar-refractivity contribution in [2.75, 3.05) is 19.7 Å². The zero-order chi connectivity index (χ0) is 16.9. The van der Waals surface area contributed by atoms with Crippen LogP contribution in [0.3, 0.4) is 0 Å². The van der Waals surface area contributed by atoms with Crippen LogP contribution in [0.2, 0.25) is 0 Å². The Hall–Kier alpha value is -0.970. The minimum Gasteiger partial charge on any atom is -0.377 e. The van der Waals surface area contributed by atoms with E-state index in [2.05, 4.69) is 10.2 Å². The summed E-state index contributed by atoms with van der Waals surface area (Å²) in [5.41, 5.74) is 1.57. The number of rotatable bonds is 4. The van der Waals surface area contributed by atoms with E-state index in [-0.39, 0.29) is 5.82 Å². The second-order valence-electron chi connectivity index (χ2n) is 8.66. The third kappa shape index (κ3) is 2.73. The summed E-state index contributed by atoms with van der Waals surface area (Å²) in [5.74, 6) is 0.642. The van der Waals surface area contributed by atoms with Crippen molar-refractivity contribution in [1.29, 1.82) is 0 Å². The van der Waals surface area contributed by atoms with Crippen LogP contribution in [0.15, 0.2) is 24.3 Å². The Balaban J connectivity index is 1.15. The Labute approximate surface area is 149 Å². The molecule has 4 aliphatic rings. The van der Waals surface area contributed by atoms with Crippen molar-refractivity contribution in [2.45, 2.75) is 63.3 Å². The van der Waals surface area contributed by atoms with Gasteiger partial charge in [0.15, 0.2) is 0 Å². The Morgan fingerprint density at radius 2 is 2.04 bits per heavy atom. The second-order valence-corrected chi connectivity index (χ2v) is 8.66. The van der Waals surface area contributed by atoms with Gasteiger partial charge in [0.2, 0.25) is 0 Å². The van der Waals surface area contributed by atoms with Crippen LogP contribution < -0.4 is 5.32 Å². The molecule has 1 aromatic carbocycles. The van der Waals surface area contributed by atoms with E-state index in [0.29, 0.717) is 23.6 Å². The number of nitrogens with zero attached hydrogens (tertiary/aromatic N) is 1. The lowest BCUT2D eigenvalue weighted by molar-refractivity contribution is -0.179. The highest BCUT2D eigenvalue weighted by Crippen LogP contribution is 2.62. The molecule has 5 rings (SSSR count). The number of likely N-dealkylation sites (tertiary alicyclic amines) is 1. The van der Waals surface area contributed by atoms with Crippen molar-refractivity contribution >= 4 is 0 Å². The maximum atomic E-state index is 13.4. The van der Waals surface area contributed by atoms with E-state index in [1.807, 2.05) is 12.1 Å². The topological polar surface area (TPSA) is 24.5 Å². The number of fused-ring (bicyclic) bond motifs is 2. The normalized spacial score (nSPS) is 34.5. The second kappa shape index (κ2) is 6.33. The molecular formula is C21H29FN2O. The van der Waals surface area contributed by atoms with Gasteiger partial charge >= 0.3 is 0 Å². The summed E-state index contributed by atoms with van der Waals surface area (Å²) in [6.07, 6.45) is 8.35. The first kappa shape index (κ1) is 16.2. The Morgan fingerprint density at radius 1 is 1.20 bits per heavy atom. The van der Waals surface area contributed by atoms with Gasteiger partial charge in [-0.3, -0.25) is 4.90 Å². The van der Waals surface area contributed by atoms with Crippen molar-refractivity contribution in [3.05, 3.63) is 35.6 Å². The molecule has 136 valence electrons. The van der Waals surface area contributed by atoms with Crippen LogP contribution in [0.25, 0.3) is 0 Å². The van der Waals surface area contributed by atoms with Gasteiger partial charge in [-0.1, -0.05) is 18.6 Å². The van der Waals surface area contributed by atoms with Gasteiger partial charge in [-0.05, 0) is 62.9 Å². The van der Waals surface area contributed by atoms with Gasteiger partial charge in [-0.2, -0.15) is 0 Å². The van der Waals surface area contributed by atoms with Gasteiger partial charge in [-0.15, -0.1) is 0 Å². The first-order valence-corrected chi connectivity index (χ1v) is 10.1. The standard InChI is InChI=1S/C21H29FN2O/c22-16-4-1-3-15(13-16)14-24-10-5-17(6-11-24)23-19-18-7-12-25-20(18)21(19)8-2-9-21/h1,3-4,13,17-20,23H,2,5-12,14H2/t18-,19+,20-/m0/s1. The number of hydrogen-bond acceptors (Lipinski definition) is 3. The summed E-state index contributed by atoms with van der Waals surface area (Å²) in [6, 6.07) is 8.38. The van der Waals surface area contributed by atoms with Crippen LogP contribution in [-0.4, -0.2) is 42.8 Å². The quantitative estimate of drug-likeness (QED) is 0.907. The summed E-state index contributed by atoms with van der Waals surface area (Å²) >= 11 is 0. The summed E-state index contributed by atoms with van der Waals surface area (Å²) in [6.45, 7) is 4.06. The molecule has 1 aromatic rings. The largest absolute Gasteiger partial charge is 0.377 e. The Morgan fingerprint density at radius 3 is 2.76 bits per heavy atom. The predicted molar refractivity (Wildman–Crippen MR) is 95.8 cm³/mol. The summed E-state index contributed by atoms with van der Waals surface area (Å²) in [4.78, 5) is 2.47. The molecular weight excluding hydrogens is 315 g/mol. The summed E-state index contributed by atoms with van der Waals surface area (Å²) in [5, 5.41) is 4.05. The molecule has 4 heteroatoms. The monoisotopic (exact) mass is 344 g/mol. The molecule has 0 unspecified atom stereocenters. The molecule has 0 amide bonds. The van der Waals surface area contributed by atoms with E-state index < -0.39 is 0 Å². The van der Waals surface area contributed by atoms with Gasteiger partial charge in [-0.25, -0.2) is 4.39 Å². The zero-order valence-electron chi connectivity index (χ0n) is 14.9. The molecule has 2 aliphatic carbocycles. The maximum absolute atomic E-state index is 13.4. The molecule has 0 radical (unpaired) electrons. The van der Waals surface area contributed by atoms with Crippen LogP contribution >= 0.6 is 0 Å². The van der Waals surface area contributed by atoms with Crippen LogP contribution in [0.4, 0.5) is 4.39 Å². The van der Waals surface area contributed by atoms with Crippen LogP contribution in [0.1, 0.15) is 44.1 Å². The smallest absolute Gasteiger partial charge is 0.123 e. The molecule has 2 aliphatic heterocycles. The number of ether oxygens (including phenoxy) is 1. The lowest BCUT2D eigenvalue weighted by atomic mass is 9.46. The molecule has 2 saturated heterocycles. The predicted octanol–water partition coefficient (Wildman–Crippen LogP) is 3.34. The molecule has 1 N–H and O–H groups in total. The Bertz CT molecular complexity index is 624. The summed E-state index contributed by atoms with van der Waals surface area (Å²) in [7, 11) is 0. The van der Waals surface area contributed by atoms with Crippen molar-refractivity contribution in [3.8, 4) is 0 Å². The van der Waals surface area contributed by atoms with Crippen LogP contribution in [0.5, 0.6) is 0 Å². The molecule has 3 nitrogen and oxygen atoms in total. The van der Waals surface area contributed by atoms with Crippen LogP contribution in [-0.2, 0) is 11.3 Å². The minimum atomic E-state index is -0.127. The fourth-order valence-corrected chi connectivity index (χ4v) is 5.90. The van der Waals surface area contributed by atoms with Gasteiger partial charge in [0.05, 0.1) is 6.10 Å². The summed E-state index contributed by atoms with van der Waals surface area (Å²) < 4.78 is 19.4. The number of nitrogens with one attached hydrogen (secondary N) is 1. The first-order valence-electron chi connectivity index (χ1n) is 10.1. The van der Waals surface area contributed by atoms with E-state index in [9.17, 15) is 4.39 Å². The lowest BCUT2D eigenvalue weighted by Gasteiger charge is -2.64. The average molecular weight is 344 g/mol. The SMILES string of the molecule is Fc1cccc(CN2CCC(N[C@@H]3[C@@H]4CCO[C@@H]4C34CCC4)CC2)c1. The zero-order valence-corrected chi connectivity index (χ0v) is 14.9. The van der Waals surface area contributed by atoms with Gasteiger partial charge in [0, 0.05) is 36.6 Å². The number of benzene rings is 1. The molecule has 1 spiro atoms. The van der Waals surface area contributed by atoms with Gasteiger partial charge in [0.25, 0.3) is 0 Å². The van der Waals surface area contributed by atoms with Gasteiger partial charge < -0.3 is 10.1 Å². The molecule has 0 bridgehead atoms. The van der Waals surface area contributed by atoms with E-state index in [0.717, 1.165) is 37.7 Å². The van der Waals surface area contributed by atoms with E-state index in [1.54, 1.807) is 6.07 Å². The van der Waals surface area contributed by atoms with E-state index in [1.165, 1.54) is 44.6 Å². The van der Waals surface area contributed by atoms with E-state index in [4.69, 9.17) is 4.74 Å². The molecule has 2 saturated carbocycles. The molecule has 4 fully saturated rings. The van der Waals surface area contributed by atoms with Crippen molar-refractivity contribution < 1.29 is 9.13 Å². The highest BCUT2D eigenvalue weighted by Gasteiger charge is 2.66. The Kier molecular flexibility index (Phi) is 4.11. The molecule has 0 aromatic heterocycles. The van der Waals surface area contributed by atoms with Gasteiger partial charge in [0.1, 0.15) is 5.82 Å². The lowest BCUT2D eigenvalue weighted by Crippen LogP contribution is -2.72. The van der Waals surface area contributed by atoms with Crippen molar-refractivity contribution in [3.63, 3.8) is 0 Å². The van der Waals surface area contributed by atoms with Crippen molar-refractivity contribution in [2.24, 2.45) is 11.3 Å². The fourth-order valence-electron chi connectivity index (χ4n) is 5.90. The molecule has 25 heavy (non-hydrogen) atoms. The van der Waals surface area contributed by atoms with Crippen molar-refractivity contribution in [1.82, 2.24) is 10.2 Å². The highest BCUT2D eigenvalue weighted by atomic mass is 19.1. The molecule has 3 atom stereocenters. The average Bonchev–Trinajstić information content (AvgIpc) is 2.98. The highest BCUT2D eigenvalue weighted by molar-refractivity contribution is 5.19. The molecule has 2 heterocycles. The maximum Gasteiger partial charge on any atom is 0.123 e. The number of piperidine rings is 1. The number of hydrogen-bond donors (Lipinski definition) is 1. The minimum absolute atomic E-state index is 0.127. The number of halogens is 1.